The number of piperidine rings is 1. The van der Waals surface area contributed by atoms with Crippen LogP contribution >= 0.6 is 0 Å². The first kappa shape index (κ1) is 15.0. The van der Waals surface area contributed by atoms with Gasteiger partial charge in [0, 0.05) is 6.04 Å². The minimum atomic E-state index is -0.689. The second-order valence-corrected chi connectivity index (χ2v) is 5.98. The normalized spacial score (nSPS) is 17.9. The monoisotopic (exact) mass is 275 g/mol. The van der Waals surface area contributed by atoms with Crippen molar-refractivity contribution >= 4 is 5.97 Å². The number of aliphatic carboxylic acids is 1. The number of benzene rings is 1. The van der Waals surface area contributed by atoms with E-state index in [0.29, 0.717) is 0 Å². The van der Waals surface area contributed by atoms with Crippen LogP contribution in [0.1, 0.15) is 42.4 Å². The van der Waals surface area contributed by atoms with Gasteiger partial charge in [-0.3, -0.25) is 9.69 Å². The Bertz CT molecular complexity index is 464. The van der Waals surface area contributed by atoms with Crippen LogP contribution in [0.4, 0.5) is 0 Å². The van der Waals surface area contributed by atoms with Crippen LogP contribution in [-0.2, 0) is 11.2 Å². The fourth-order valence-corrected chi connectivity index (χ4v) is 3.09. The molecule has 110 valence electrons. The summed E-state index contributed by atoms with van der Waals surface area (Å²) in [6.07, 6.45) is 4.76. The smallest absolute Gasteiger partial charge is 0.304 e. The van der Waals surface area contributed by atoms with Crippen molar-refractivity contribution < 1.29 is 9.90 Å². The fraction of sp³-hybridized carbons (Fsp3) is 0.588. The lowest BCUT2D eigenvalue weighted by atomic mass is 9.95. The van der Waals surface area contributed by atoms with Crippen molar-refractivity contribution in [3.63, 3.8) is 0 Å². The summed E-state index contributed by atoms with van der Waals surface area (Å²) in [6, 6.07) is 6.59. The largest absolute Gasteiger partial charge is 0.481 e. The summed E-state index contributed by atoms with van der Waals surface area (Å²) < 4.78 is 0. The molecule has 20 heavy (non-hydrogen) atoms. The van der Waals surface area contributed by atoms with Gasteiger partial charge in [0.1, 0.15) is 0 Å². The van der Waals surface area contributed by atoms with Crippen molar-refractivity contribution in [3.05, 3.63) is 34.9 Å². The highest BCUT2D eigenvalue weighted by molar-refractivity contribution is 5.67. The third-order valence-corrected chi connectivity index (χ3v) is 4.28. The van der Waals surface area contributed by atoms with Crippen LogP contribution in [0, 0.1) is 13.8 Å². The van der Waals surface area contributed by atoms with Crippen LogP contribution in [0.5, 0.6) is 0 Å². The Morgan fingerprint density at radius 2 is 1.95 bits per heavy atom. The van der Waals surface area contributed by atoms with Crippen molar-refractivity contribution in [3.8, 4) is 0 Å². The minimum Gasteiger partial charge on any atom is -0.481 e. The Labute approximate surface area is 121 Å². The van der Waals surface area contributed by atoms with Crippen LogP contribution in [-0.4, -0.2) is 35.1 Å². The van der Waals surface area contributed by atoms with Crippen LogP contribution in [0.15, 0.2) is 18.2 Å². The number of nitrogens with zero attached hydrogens (tertiary/aromatic N) is 1. The lowest BCUT2D eigenvalue weighted by Crippen LogP contribution is -2.41. The van der Waals surface area contributed by atoms with Crippen LogP contribution < -0.4 is 0 Å². The van der Waals surface area contributed by atoms with Gasteiger partial charge in [-0.15, -0.1) is 0 Å². The molecule has 2 rings (SSSR count). The summed E-state index contributed by atoms with van der Waals surface area (Å²) in [4.78, 5) is 13.5. The average Bonchev–Trinajstić information content (AvgIpc) is 2.42. The van der Waals surface area contributed by atoms with E-state index in [1.54, 1.807) is 0 Å². The van der Waals surface area contributed by atoms with Crippen molar-refractivity contribution in [2.45, 2.75) is 52.0 Å². The molecule has 3 heteroatoms. The Balaban J connectivity index is 2.13. The first-order chi connectivity index (χ1) is 9.56. The Hall–Kier alpha value is -1.35. The average molecular weight is 275 g/mol. The van der Waals surface area contributed by atoms with Crippen LogP contribution in [0.25, 0.3) is 0 Å². The number of carbonyl (C=O) groups is 1. The van der Waals surface area contributed by atoms with Gasteiger partial charge in [-0.25, -0.2) is 0 Å². The topological polar surface area (TPSA) is 40.5 Å². The van der Waals surface area contributed by atoms with Crippen molar-refractivity contribution in [2.75, 3.05) is 13.1 Å². The molecule has 1 unspecified atom stereocenters. The van der Waals surface area contributed by atoms with E-state index in [-0.39, 0.29) is 12.5 Å². The van der Waals surface area contributed by atoms with Gasteiger partial charge in [0.15, 0.2) is 0 Å². The van der Waals surface area contributed by atoms with E-state index in [4.69, 9.17) is 0 Å². The molecule has 1 aromatic carbocycles. The lowest BCUT2D eigenvalue weighted by molar-refractivity contribution is -0.138. The molecule has 0 amide bonds. The van der Waals surface area contributed by atoms with E-state index in [9.17, 15) is 9.90 Å². The summed E-state index contributed by atoms with van der Waals surface area (Å²) in [7, 11) is 0. The fourth-order valence-electron chi connectivity index (χ4n) is 3.09. The number of likely N-dealkylation sites (tertiary alicyclic amines) is 1. The summed E-state index contributed by atoms with van der Waals surface area (Å²) in [5, 5.41) is 9.19. The zero-order chi connectivity index (χ0) is 14.5. The maximum atomic E-state index is 11.2. The number of carboxylic acids is 1. The number of rotatable bonds is 5. The molecule has 0 aromatic heterocycles. The van der Waals surface area contributed by atoms with E-state index < -0.39 is 5.97 Å². The van der Waals surface area contributed by atoms with Gasteiger partial charge in [-0.1, -0.05) is 30.2 Å². The van der Waals surface area contributed by atoms with Crippen molar-refractivity contribution in [1.82, 2.24) is 4.90 Å². The summed E-state index contributed by atoms with van der Waals surface area (Å²) >= 11 is 0. The Morgan fingerprint density at radius 3 is 2.60 bits per heavy atom. The van der Waals surface area contributed by atoms with Gasteiger partial charge < -0.3 is 5.11 Å². The number of aryl methyl sites for hydroxylation is 2. The molecule has 1 saturated heterocycles. The van der Waals surface area contributed by atoms with Gasteiger partial charge in [-0.05, 0) is 57.3 Å². The van der Waals surface area contributed by atoms with E-state index in [0.717, 1.165) is 19.5 Å². The third-order valence-electron chi connectivity index (χ3n) is 4.28. The molecule has 1 aromatic rings. The second-order valence-electron chi connectivity index (χ2n) is 5.98. The van der Waals surface area contributed by atoms with E-state index >= 15 is 0 Å². The van der Waals surface area contributed by atoms with Gasteiger partial charge in [0.2, 0.25) is 0 Å². The van der Waals surface area contributed by atoms with E-state index in [2.05, 4.69) is 36.9 Å². The maximum absolute atomic E-state index is 11.2. The predicted molar refractivity (Wildman–Crippen MR) is 81.1 cm³/mol. The van der Waals surface area contributed by atoms with Gasteiger partial charge in [-0.2, -0.15) is 0 Å². The maximum Gasteiger partial charge on any atom is 0.304 e. The molecule has 1 aliphatic rings. The third kappa shape index (κ3) is 4.07. The minimum absolute atomic E-state index is 0.133. The number of hydrogen-bond donors (Lipinski definition) is 1. The highest BCUT2D eigenvalue weighted by Gasteiger charge is 2.23. The first-order valence-electron chi connectivity index (χ1n) is 7.58. The highest BCUT2D eigenvalue weighted by Crippen LogP contribution is 2.20. The lowest BCUT2D eigenvalue weighted by Gasteiger charge is -2.34. The van der Waals surface area contributed by atoms with Crippen LogP contribution in [0.3, 0.4) is 0 Å². The molecular formula is C17H25NO2. The Morgan fingerprint density at radius 1 is 1.25 bits per heavy atom. The van der Waals surface area contributed by atoms with E-state index in [1.165, 1.54) is 36.0 Å². The Kier molecular flexibility index (Phi) is 5.18. The summed E-state index contributed by atoms with van der Waals surface area (Å²) in [5.74, 6) is -0.689. The molecule has 0 saturated carbocycles. The molecule has 1 heterocycles. The molecular weight excluding hydrogens is 250 g/mol. The SMILES string of the molecule is Cc1ccc(C)c(CC(CC(=O)O)N2CCCCC2)c1. The molecule has 0 spiro atoms. The number of hydrogen-bond acceptors (Lipinski definition) is 2. The highest BCUT2D eigenvalue weighted by atomic mass is 16.4. The summed E-state index contributed by atoms with van der Waals surface area (Å²) in [6.45, 7) is 6.30. The molecule has 0 bridgehead atoms. The van der Waals surface area contributed by atoms with Gasteiger partial charge in [0.25, 0.3) is 0 Å². The molecule has 1 fully saturated rings. The second kappa shape index (κ2) is 6.89. The van der Waals surface area contributed by atoms with Crippen molar-refractivity contribution in [2.24, 2.45) is 0 Å². The molecule has 1 aliphatic heterocycles. The first-order valence-corrected chi connectivity index (χ1v) is 7.58. The standard InChI is InChI=1S/C17H25NO2/c1-13-6-7-14(2)15(10-13)11-16(12-17(19)20)18-8-4-3-5-9-18/h6-7,10,16H,3-5,8-9,11-12H2,1-2H3,(H,19,20). The molecule has 1 N–H and O–H groups in total. The van der Waals surface area contributed by atoms with Crippen molar-refractivity contribution in [1.29, 1.82) is 0 Å². The van der Waals surface area contributed by atoms with E-state index in [1.807, 2.05) is 0 Å². The summed E-state index contributed by atoms with van der Waals surface area (Å²) in [5.41, 5.74) is 3.81. The predicted octanol–water partition coefficient (Wildman–Crippen LogP) is 3.18. The van der Waals surface area contributed by atoms with Crippen LogP contribution in [0.2, 0.25) is 0 Å². The van der Waals surface area contributed by atoms with Gasteiger partial charge >= 0.3 is 5.97 Å². The van der Waals surface area contributed by atoms with Gasteiger partial charge in [0.05, 0.1) is 6.42 Å². The molecule has 1 atom stereocenters. The molecule has 0 radical (unpaired) electrons. The quantitative estimate of drug-likeness (QED) is 0.897. The zero-order valence-corrected chi connectivity index (χ0v) is 12.6. The zero-order valence-electron chi connectivity index (χ0n) is 12.6. The molecule has 0 aliphatic carbocycles. The number of carboxylic acid groups (broad SMARTS) is 1. The molecule has 3 nitrogen and oxygen atoms in total.